The Morgan fingerprint density at radius 1 is 1.53 bits per heavy atom. The van der Waals surface area contributed by atoms with Crippen LogP contribution in [-0.4, -0.2) is 20.9 Å². The van der Waals surface area contributed by atoms with Gasteiger partial charge in [-0.2, -0.15) is 5.10 Å². The third-order valence-electron chi connectivity index (χ3n) is 2.73. The van der Waals surface area contributed by atoms with E-state index in [1.807, 2.05) is 23.9 Å². The van der Waals surface area contributed by atoms with Crippen LogP contribution in [0.3, 0.4) is 0 Å². The van der Waals surface area contributed by atoms with Gasteiger partial charge < -0.3 is 5.11 Å². The lowest BCUT2D eigenvalue weighted by atomic mass is 10.1. The van der Waals surface area contributed by atoms with Crippen molar-refractivity contribution >= 4 is 32.8 Å². The monoisotopic (exact) mass is 296 g/mol. The summed E-state index contributed by atoms with van der Waals surface area (Å²) in [6.07, 6.45) is 1.66. The smallest absolute Gasteiger partial charge is 0.303 e. The molecule has 4 nitrogen and oxygen atoms in total. The van der Waals surface area contributed by atoms with Crippen LogP contribution < -0.4 is 0 Å². The number of carbonyl (C=O) groups is 1. The van der Waals surface area contributed by atoms with Crippen LogP contribution in [0.4, 0.5) is 0 Å². The average molecular weight is 297 g/mol. The maximum atomic E-state index is 10.4. The van der Waals surface area contributed by atoms with Crippen LogP contribution in [0.1, 0.15) is 18.4 Å². The topological polar surface area (TPSA) is 55.1 Å². The Morgan fingerprint density at radius 3 is 3.00 bits per heavy atom. The minimum absolute atomic E-state index is 0.215. The van der Waals surface area contributed by atoms with E-state index in [4.69, 9.17) is 5.11 Å². The number of aromatic nitrogens is 2. The van der Waals surface area contributed by atoms with E-state index in [9.17, 15) is 4.79 Å². The van der Waals surface area contributed by atoms with E-state index < -0.39 is 5.97 Å². The van der Waals surface area contributed by atoms with Gasteiger partial charge in [0, 0.05) is 18.9 Å². The van der Waals surface area contributed by atoms with E-state index in [2.05, 4.69) is 27.1 Å². The highest BCUT2D eigenvalue weighted by Crippen LogP contribution is 2.24. The van der Waals surface area contributed by atoms with Crippen LogP contribution in [0, 0.1) is 0 Å². The third-order valence-corrected chi connectivity index (χ3v) is 3.31. The van der Waals surface area contributed by atoms with Gasteiger partial charge in [0.05, 0.1) is 5.52 Å². The maximum Gasteiger partial charge on any atom is 0.303 e. The van der Waals surface area contributed by atoms with Crippen molar-refractivity contribution in [3.63, 3.8) is 0 Å². The highest BCUT2D eigenvalue weighted by molar-refractivity contribution is 9.10. The minimum atomic E-state index is -0.741. The minimum Gasteiger partial charge on any atom is -0.481 e. The van der Waals surface area contributed by atoms with Gasteiger partial charge in [-0.15, -0.1) is 0 Å². The van der Waals surface area contributed by atoms with Crippen molar-refractivity contribution in [3.8, 4) is 0 Å². The second kappa shape index (κ2) is 4.87. The molecule has 0 saturated heterocycles. The third kappa shape index (κ3) is 2.66. The van der Waals surface area contributed by atoms with E-state index >= 15 is 0 Å². The molecule has 2 rings (SSSR count). The van der Waals surface area contributed by atoms with E-state index in [-0.39, 0.29) is 6.42 Å². The number of hydrogen-bond acceptors (Lipinski definition) is 2. The second-order valence-corrected chi connectivity index (χ2v) is 4.76. The number of carboxylic acids is 1. The molecule has 17 heavy (non-hydrogen) atoms. The number of aliphatic carboxylic acids is 1. The first kappa shape index (κ1) is 12.1. The number of hydrogen-bond donors (Lipinski definition) is 1. The first-order valence-electron chi connectivity index (χ1n) is 5.41. The second-order valence-electron chi connectivity index (χ2n) is 4.01. The summed E-state index contributed by atoms with van der Waals surface area (Å²) in [5.41, 5.74) is 2.21. The van der Waals surface area contributed by atoms with Gasteiger partial charge in [-0.3, -0.25) is 9.48 Å². The fraction of sp³-hybridized carbons (Fsp3) is 0.333. The lowest BCUT2D eigenvalue weighted by molar-refractivity contribution is -0.137. The molecule has 5 heteroatoms. The zero-order valence-corrected chi connectivity index (χ0v) is 11.1. The van der Waals surface area contributed by atoms with Crippen LogP contribution in [0.15, 0.2) is 22.8 Å². The van der Waals surface area contributed by atoms with Crippen LogP contribution in [0.25, 0.3) is 10.9 Å². The van der Waals surface area contributed by atoms with Gasteiger partial charge in [0.1, 0.15) is 4.60 Å². The molecule has 0 fully saturated rings. The number of carboxylic acid groups (broad SMARTS) is 1. The van der Waals surface area contributed by atoms with Gasteiger partial charge in [-0.1, -0.05) is 6.07 Å². The number of fused-ring (bicyclic) bond motifs is 1. The number of nitrogens with zero attached hydrogens (tertiary/aromatic N) is 2. The fourth-order valence-electron chi connectivity index (χ4n) is 1.86. The highest BCUT2D eigenvalue weighted by atomic mass is 79.9. The van der Waals surface area contributed by atoms with Gasteiger partial charge >= 0.3 is 5.97 Å². The van der Waals surface area contributed by atoms with Gasteiger partial charge in [-0.05, 0) is 46.5 Å². The predicted octanol–water partition coefficient (Wildman–Crippen LogP) is 2.74. The molecule has 0 atom stereocenters. The molecule has 1 N–H and O–H groups in total. The Bertz CT molecular complexity index is 563. The Kier molecular flexibility index (Phi) is 3.47. The number of benzene rings is 1. The van der Waals surface area contributed by atoms with Crippen LogP contribution in [0.5, 0.6) is 0 Å². The molecular formula is C12H13BrN2O2. The summed E-state index contributed by atoms with van der Waals surface area (Å²) in [6.45, 7) is 0. The Labute approximate surface area is 107 Å². The van der Waals surface area contributed by atoms with E-state index in [1.54, 1.807) is 0 Å². The summed E-state index contributed by atoms with van der Waals surface area (Å²) in [4.78, 5) is 10.4. The quantitative estimate of drug-likeness (QED) is 0.944. The molecule has 0 bridgehead atoms. The van der Waals surface area contributed by atoms with Gasteiger partial charge in [0.15, 0.2) is 0 Å². The molecule has 0 radical (unpaired) electrons. The molecule has 0 amide bonds. The largest absolute Gasteiger partial charge is 0.481 e. The molecule has 0 aliphatic heterocycles. The van der Waals surface area contributed by atoms with E-state index in [1.165, 1.54) is 0 Å². The molecule has 0 spiro atoms. The summed E-state index contributed by atoms with van der Waals surface area (Å²) in [7, 11) is 1.90. The van der Waals surface area contributed by atoms with Crippen molar-refractivity contribution < 1.29 is 9.90 Å². The zero-order chi connectivity index (χ0) is 12.4. The molecule has 0 aliphatic rings. The molecule has 1 heterocycles. The van der Waals surface area contributed by atoms with Crippen molar-refractivity contribution in [1.82, 2.24) is 9.78 Å². The summed E-state index contributed by atoms with van der Waals surface area (Å²) >= 11 is 3.40. The van der Waals surface area contributed by atoms with Crippen molar-refractivity contribution in [1.29, 1.82) is 0 Å². The predicted molar refractivity (Wildman–Crippen MR) is 69.0 cm³/mol. The highest BCUT2D eigenvalue weighted by Gasteiger charge is 2.06. The van der Waals surface area contributed by atoms with E-state index in [0.717, 1.165) is 27.5 Å². The van der Waals surface area contributed by atoms with Crippen molar-refractivity contribution in [2.75, 3.05) is 0 Å². The lowest BCUT2D eigenvalue weighted by Gasteiger charge is -2.01. The Hall–Kier alpha value is -1.36. The summed E-state index contributed by atoms with van der Waals surface area (Å²) < 4.78 is 2.66. The van der Waals surface area contributed by atoms with Crippen molar-refractivity contribution in [2.45, 2.75) is 19.3 Å². The van der Waals surface area contributed by atoms with Crippen LogP contribution >= 0.6 is 15.9 Å². The summed E-state index contributed by atoms with van der Waals surface area (Å²) in [5, 5.41) is 13.9. The van der Waals surface area contributed by atoms with Gasteiger partial charge in [0.2, 0.25) is 0 Å². The first-order valence-corrected chi connectivity index (χ1v) is 6.20. The van der Waals surface area contributed by atoms with Crippen molar-refractivity contribution in [2.24, 2.45) is 7.05 Å². The molecule has 1 aromatic carbocycles. The van der Waals surface area contributed by atoms with Gasteiger partial charge in [0.25, 0.3) is 0 Å². The molecule has 0 saturated carbocycles. The fourth-order valence-corrected chi connectivity index (χ4v) is 2.43. The first-order chi connectivity index (χ1) is 8.08. The Balaban J connectivity index is 2.19. The standard InChI is InChI=1S/C12H13BrN2O2/c1-15-10-7-8(3-2-4-11(16)17)5-6-9(10)12(13)14-15/h5-7H,2-4H2,1H3,(H,16,17). The number of rotatable bonds is 4. The molecule has 0 aliphatic carbocycles. The van der Waals surface area contributed by atoms with Gasteiger partial charge in [-0.25, -0.2) is 0 Å². The van der Waals surface area contributed by atoms with Crippen molar-refractivity contribution in [3.05, 3.63) is 28.4 Å². The summed E-state index contributed by atoms with van der Waals surface area (Å²) in [6, 6.07) is 6.11. The molecule has 90 valence electrons. The molecular weight excluding hydrogens is 284 g/mol. The average Bonchev–Trinajstić information content (AvgIpc) is 2.54. The van der Waals surface area contributed by atoms with E-state index in [0.29, 0.717) is 6.42 Å². The number of aryl methyl sites for hydroxylation is 2. The maximum absolute atomic E-state index is 10.4. The molecule has 1 aromatic heterocycles. The number of halogens is 1. The molecule has 0 unspecified atom stereocenters. The van der Waals surface area contributed by atoms with Crippen LogP contribution in [0.2, 0.25) is 0 Å². The SMILES string of the molecule is Cn1nc(Br)c2ccc(CCCC(=O)O)cc21. The normalized spacial score (nSPS) is 10.9. The lowest BCUT2D eigenvalue weighted by Crippen LogP contribution is -1.96. The summed E-state index contributed by atoms with van der Waals surface area (Å²) in [5.74, 6) is -0.741. The Morgan fingerprint density at radius 2 is 2.29 bits per heavy atom. The van der Waals surface area contributed by atoms with Crippen LogP contribution in [-0.2, 0) is 18.3 Å². The zero-order valence-electron chi connectivity index (χ0n) is 9.48. The molecule has 2 aromatic rings.